The fourth-order valence-corrected chi connectivity index (χ4v) is 1.97. The van der Waals surface area contributed by atoms with E-state index >= 15 is 0 Å². The van der Waals surface area contributed by atoms with Crippen LogP contribution in [0.1, 0.15) is 0 Å². The summed E-state index contributed by atoms with van der Waals surface area (Å²) >= 11 is 0. The first-order chi connectivity index (χ1) is 12.5. The lowest BCUT2D eigenvalue weighted by Crippen LogP contribution is -2.23. The molecule has 138 valence electrons. The fourth-order valence-electron chi connectivity index (χ4n) is 1.97. The van der Waals surface area contributed by atoms with Crippen LogP contribution in [0.2, 0.25) is 0 Å². The van der Waals surface area contributed by atoms with Gasteiger partial charge in [0.05, 0.1) is 14.2 Å². The average Bonchev–Trinajstić information content (AvgIpc) is 2.65. The number of ether oxygens (including phenoxy) is 4. The van der Waals surface area contributed by atoms with Crippen molar-refractivity contribution in [1.29, 1.82) is 0 Å². The topological polar surface area (TPSA) is 83.1 Å². The van der Waals surface area contributed by atoms with E-state index in [1.165, 1.54) is 38.5 Å². The van der Waals surface area contributed by atoms with Crippen LogP contribution in [0, 0.1) is 5.82 Å². The molecule has 0 aromatic heterocycles. The van der Waals surface area contributed by atoms with Crippen LogP contribution in [-0.4, -0.2) is 39.3 Å². The number of benzene rings is 2. The van der Waals surface area contributed by atoms with Gasteiger partial charge in [0.1, 0.15) is 11.6 Å². The van der Waals surface area contributed by atoms with Crippen molar-refractivity contribution in [2.45, 2.75) is 0 Å². The third-order valence-corrected chi connectivity index (χ3v) is 3.20. The molecule has 0 spiro atoms. The van der Waals surface area contributed by atoms with E-state index in [0.29, 0.717) is 22.9 Å². The highest BCUT2D eigenvalue weighted by molar-refractivity contribution is 5.93. The molecule has 7 nitrogen and oxygen atoms in total. The van der Waals surface area contributed by atoms with Crippen LogP contribution >= 0.6 is 0 Å². The molecule has 0 atom stereocenters. The van der Waals surface area contributed by atoms with E-state index in [-0.39, 0.29) is 0 Å². The number of hydrogen-bond acceptors (Lipinski definition) is 6. The summed E-state index contributed by atoms with van der Waals surface area (Å²) in [6, 6.07) is 10.0. The molecule has 0 heterocycles. The Kier molecular flexibility index (Phi) is 6.78. The zero-order chi connectivity index (χ0) is 18.9. The molecule has 2 aromatic rings. The van der Waals surface area contributed by atoms with E-state index < -0.39 is 30.9 Å². The van der Waals surface area contributed by atoms with Crippen molar-refractivity contribution in [2.75, 3.05) is 32.8 Å². The normalized spacial score (nSPS) is 9.96. The molecular formula is C18H18FNO6. The van der Waals surface area contributed by atoms with Crippen molar-refractivity contribution in [3.8, 4) is 17.2 Å². The Hall–Kier alpha value is -3.29. The lowest BCUT2D eigenvalue weighted by atomic mass is 10.2. The standard InChI is InChI=1S/C18H18FNO6/c1-23-15-8-5-13(9-16(15)24-2)20-17(21)10-26-18(22)11-25-14-6-3-12(19)4-7-14/h3-9H,10-11H2,1-2H3,(H,20,21). The summed E-state index contributed by atoms with van der Waals surface area (Å²) in [5.41, 5.74) is 0.464. The first-order valence-corrected chi connectivity index (χ1v) is 7.57. The van der Waals surface area contributed by atoms with Crippen molar-refractivity contribution in [2.24, 2.45) is 0 Å². The number of rotatable bonds is 8. The van der Waals surface area contributed by atoms with Gasteiger partial charge < -0.3 is 24.3 Å². The molecule has 0 aliphatic rings. The summed E-state index contributed by atoms with van der Waals surface area (Å²) in [5.74, 6) is -0.362. The lowest BCUT2D eigenvalue weighted by Gasteiger charge is -2.11. The van der Waals surface area contributed by atoms with E-state index in [4.69, 9.17) is 18.9 Å². The number of amides is 1. The monoisotopic (exact) mass is 363 g/mol. The van der Waals surface area contributed by atoms with Crippen LogP contribution in [-0.2, 0) is 14.3 Å². The van der Waals surface area contributed by atoms with Gasteiger partial charge in [-0.1, -0.05) is 0 Å². The van der Waals surface area contributed by atoms with Gasteiger partial charge in [-0.3, -0.25) is 4.79 Å². The highest BCUT2D eigenvalue weighted by atomic mass is 19.1. The van der Waals surface area contributed by atoms with Crippen LogP contribution in [0.4, 0.5) is 10.1 Å². The summed E-state index contributed by atoms with van der Waals surface area (Å²) in [6.45, 7) is -0.866. The van der Waals surface area contributed by atoms with E-state index in [1.54, 1.807) is 18.2 Å². The Labute approximate surface area is 149 Å². The Morgan fingerprint density at radius 3 is 2.31 bits per heavy atom. The molecule has 0 fully saturated rings. The van der Waals surface area contributed by atoms with Gasteiger partial charge in [0.25, 0.3) is 5.91 Å². The SMILES string of the molecule is COc1ccc(NC(=O)COC(=O)COc2ccc(F)cc2)cc1OC. The number of halogens is 1. The molecule has 2 rings (SSSR count). The molecule has 26 heavy (non-hydrogen) atoms. The third kappa shape index (κ3) is 5.66. The first-order valence-electron chi connectivity index (χ1n) is 7.57. The molecule has 0 radical (unpaired) electrons. The predicted molar refractivity (Wildman–Crippen MR) is 91.0 cm³/mol. The summed E-state index contributed by atoms with van der Waals surface area (Å²) in [5, 5.41) is 2.57. The zero-order valence-corrected chi connectivity index (χ0v) is 14.3. The molecular weight excluding hydrogens is 345 g/mol. The summed E-state index contributed by atoms with van der Waals surface area (Å²) in [4.78, 5) is 23.4. The largest absolute Gasteiger partial charge is 0.493 e. The third-order valence-electron chi connectivity index (χ3n) is 3.20. The van der Waals surface area contributed by atoms with Gasteiger partial charge in [0.15, 0.2) is 24.7 Å². The van der Waals surface area contributed by atoms with Crippen molar-refractivity contribution in [1.82, 2.24) is 0 Å². The van der Waals surface area contributed by atoms with Crippen LogP contribution < -0.4 is 19.5 Å². The van der Waals surface area contributed by atoms with E-state index in [9.17, 15) is 14.0 Å². The van der Waals surface area contributed by atoms with Gasteiger partial charge in [-0.25, -0.2) is 9.18 Å². The number of nitrogens with one attached hydrogen (secondary N) is 1. The van der Waals surface area contributed by atoms with Crippen LogP contribution in [0.5, 0.6) is 17.2 Å². The molecule has 2 aromatic carbocycles. The smallest absolute Gasteiger partial charge is 0.344 e. The summed E-state index contributed by atoms with van der Waals surface area (Å²) in [7, 11) is 2.98. The quantitative estimate of drug-likeness (QED) is 0.725. The second-order valence-electron chi connectivity index (χ2n) is 5.02. The zero-order valence-electron chi connectivity index (χ0n) is 14.3. The van der Waals surface area contributed by atoms with Gasteiger partial charge in [-0.2, -0.15) is 0 Å². The second-order valence-corrected chi connectivity index (χ2v) is 5.02. The minimum Gasteiger partial charge on any atom is -0.493 e. The number of hydrogen-bond donors (Lipinski definition) is 1. The molecule has 1 N–H and O–H groups in total. The molecule has 0 saturated carbocycles. The number of esters is 1. The van der Waals surface area contributed by atoms with E-state index in [0.717, 1.165) is 0 Å². The maximum Gasteiger partial charge on any atom is 0.344 e. The number of anilines is 1. The minimum atomic E-state index is -0.725. The molecule has 1 amide bonds. The van der Waals surface area contributed by atoms with Crippen molar-refractivity contribution in [3.63, 3.8) is 0 Å². The summed E-state index contributed by atoms with van der Waals surface area (Å²) in [6.07, 6.45) is 0. The highest BCUT2D eigenvalue weighted by Crippen LogP contribution is 2.29. The maximum absolute atomic E-state index is 12.8. The number of carbonyl (C=O) groups excluding carboxylic acids is 2. The Bertz CT molecular complexity index is 763. The molecule has 0 aliphatic heterocycles. The molecule has 8 heteroatoms. The maximum atomic E-state index is 12.8. The Balaban J connectivity index is 1.77. The number of carbonyl (C=O) groups is 2. The van der Waals surface area contributed by atoms with Crippen molar-refractivity contribution < 1.29 is 32.9 Å². The van der Waals surface area contributed by atoms with Crippen LogP contribution in [0.15, 0.2) is 42.5 Å². The number of methoxy groups -OCH3 is 2. The minimum absolute atomic E-state index is 0.318. The van der Waals surface area contributed by atoms with Crippen LogP contribution in [0.3, 0.4) is 0 Å². The summed E-state index contributed by atoms with van der Waals surface area (Å²) < 4.78 is 32.9. The Morgan fingerprint density at radius 2 is 1.65 bits per heavy atom. The van der Waals surface area contributed by atoms with Gasteiger partial charge in [0.2, 0.25) is 0 Å². The van der Waals surface area contributed by atoms with E-state index in [1.807, 2.05) is 0 Å². The predicted octanol–water partition coefficient (Wildman–Crippen LogP) is 2.40. The second kappa shape index (κ2) is 9.26. The molecule has 0 saturated heterocycles. The fraction of sp³-hybridized carbons (Fsp3) is 0.222. The average molecular weight is 363 g/mol. The van der Waals surface area contributed by atoms with Gasteiger partial charge in [0, 0.05) is 11.8 Å². The molecule has 0 bridgehead atoms. The highest BCUT2D eigenvalue weighted by Gasteiger charge is 2.11. The molecule has 0 unspecified atom stereocenters. The van der Waals surface area contributed by atoms with Crippen molar-refractivity contribution >= 4 is 17.6 Å². The lowest BCUT2D eigenvalue weighted by molar-refractivity contribution is -0.149. The first kappa shape index (κ1) is 19.0. The van der Waals surface area contributed by atoms with Gasteiger partial charge in [-0.15, -0.1) is 0 Å². The van der Waals surface area contributed by atoms with E-state index in [2.05, 4.69) is 5.32 Å². The molecule has 0 aliphatic carbocycles. The van der Waals surface area contributed by atoms with Gasteiger partial charge >= 0.3 is 5.97 Å². The van der Waals surface area contributed by atoms with Gasteiger partial charge in [-0.05, 0) is 36.4 Å². The van der Waals surface area contributed by atoms with Crippen LogP contribution in [0.25, 0.3) is 0 Å². The Morgan fingerprint density at radius 1 is 0.962 bits per heavy atom. The van der Waals surface area contributed by atoms with Crippen molar-refractivity contribution in [3.05, 3.63) is 48.3 Å².